The lowest BCUT2D eigenvalue weighted by Gasteiger charge is -2.34. The number of amides is 1. The van der Waals surface area contributed by atoms with Crippen LogP contribution in [0, 0.1) is 5.92 Å². The van der Waals surface area contributed by atoms with Crippen LogP contribution in [0.4, 0.5) is 11.4 Å². The number of anilines is 2. The summed E-state index contributed by atoms with van der Waals surface area (Å²) < 4.78 is 2.76. The molecule has 1 amide bonds. The molecule has 1 saturated heterocycles. The summed E-state index contributed by atoms with van der Waals surface area (Å²) in [6.07, 6.45) is 3.17. The molecule has 1 aromatic heterocycles. The van der Waals surface area contributed by atoms with Gasteiger partial charge in [-0.1, -0.05) is 37.3 Å². The summed E-state index contributed by atoms with van der Waals surface area (Å²) in [4.78, 5) is 39.8. The maximum Gasteiger partial charge on any atom is 0.316 e. The molecular formula is C25H30N4O3. The van der Waals surface area contributed by atoms with E-state index in [9.17, 15) is 14.4 Å². The summed E-state index contributed by atoms with van der Waals surface area (Å²) in [6.45, 7) is 4.03. The minimum absolute atomic E-state index is 0.0744. The van der Waals surface area contributed by atoms with E-state index in [1.54, 1.807) is 14.1 Å². The average molecular weight is 435 g/mol. The summed E-state index contributed by atoms with van der Waals surface area (Å²) in [5.41, 5.74) is 2.84. The van der Waals surface area contributed by atoms with Crippen LogP contribution in [0.15, 0.2) is 52.1 Å². The second kappa shape index (κ2) is 9.02. The largest absolute Gasteiger partial charge is 0.370 e. The SMILES string of the molecule is CC1CCN(c2cc3c(cc2NC(=O)CCc2ccccc2)n(C)c(=O)c(=O)n3C)CC1. The number of hydrogen-bond donors (Lipinski definition) is 1. The molecule has 168 valence electrons. The van der Waals surface area contributed by atoms with E-state index in [2.05, 4.69) is 17.1 Å². The summed E-state index contributed by atoms with van der Waals surface area (Å²) in [6, 6.07) is 13.7. The number of carbonyl (C=O) groups is 1. The van der Waals surface area contributed by atoms with Gasteiger partial charge in [-0.3, -0.25) is 14.4 Å². The van der Waals surface area contributed by atoms with E-state index in [1.165, 1.54) is 9.13 Å². The lowest BCUT2D eigenvalue weighted by atomic mass is 9.98. The van der Waals surface area contributed by atoms with Gasteiger partial charge in [-0.25, -0.2) is 0 Å². The van der Waals surface area contributed by atoms with Gasteiger partial charge in [0.15, 0.2) is 0 Å². The Balaban J connectivity index is 1.71. The maximum atomic E-state index is 12.8. The maximum absolute atomic E-state index is 12.8. The van der Waals surface area contributed by atoms with Gasteiger partial charge in [-0.05, 0) is 42.9 Å². The van der Waals surface area contributed by atoms with E-state index >= 15 is 0 Å². The van der Waals surface area contributed by atoms with E-state index in [0.29, 0.717) is 35.5 Å². The second-order valence-electron chi connectivity index (χ2n) is 8.79. The zero-order chi connectivity index (χ0) is 22.8. The molecule has 0 spiro atoms. The fourth-order valence-corrected chi connectivity index (χ4v) is 4.34. The number of piperidine rings is 1. The Hall–Kier alpha value is -3.35. The van der Waals surface area contributed by atoms with Crippen LogP contribution in [0.1, 0.15) is 31.7 Å². The van der Waals surface area contributed by atoms with Crippen molar-refractivity contribution < 1.29 is 4.79 Å². The predicted octanol–water partition coefficient (Wildman–Crippen LogP) is 3.04. The van der Waals surface area contributed by atoms with Crippen molar-refractivity contribution in [1.29, 1.82) is 0 Å². The molecule has 0 unspecified atom stereocenters. The molecule has 7 nitrogen and oxygen atoms in total. The third kappa shape index (κ3) is 4.33. The molecule has 3 aromatic rings. The zero-order valence-electron chi connectivity index (χ0n) is 18.9. The molecule has 0 bridgehead atoms. The van der Waals surface area contributed by atoms with Gasteiger partial charge in [-0.15, -0.1) is 0 Å². The van der Waals surface area contributed by atoms with Gasteiger partial charge < -0.3 is 19.4 Å². The van der Waals surface area contributed by atoms with Crippen LogP contribution in [0.3, 0.4) is 0 Å². The molecule has 1 fully saturated rings. The van der Waals surface area contributed by atoms with Crippen molar-refractivity contribution in [1.82, 2.24) is 9.13 Å². The highest BCUT2D eigenvalue weighted by Gasteiger charge is 2.21. The Bertz CT molecular complexity index is 1250. The summed E-state index contributed by atoms with van der Waals surface area (Å²) in [5.74, 6) is 0.593. The summed E-state index contributed by atoms with van der Waals surface area (Å²) >= 11 is 0. The van der Waals surface area contributed by atoms with Crippen molar-refractivity contribution in [2.24, 2.45) is 20.0 Å². The molecule has 0 saturated carbocycles. The van der Waals surface area contributed by atoms with Gasteiger partial charge in [-0.2, -0.15) is 0 Å². The fraction of sp³-hybridized carbons (Fsp3) is 0.400. The highest BCUT2D eigenvalue weighted by atomic mass is 16.2. The molecule has 1 aliphatic rings. The topological polar surface area (TPSA) is 76.3 Å². The fourth-order valence-electron chi connectivity index (χ4n) is 4.34. The lowest BCUT2D eigenvalue weighted by Crippen LogP contribution is -2.39. The normalized spacial score (nSPS) is 14.7. The number of hydrogen-bond acceptors (Lipinski definition) is 4. The third-order valence-electron chi connectivity index (χ3n) is 6.49. The first-order valence-corrected chi connectivity index (χ1v) is 11.2. The molecule has 0 aliphatic carbocycles. The van der Waals surface area contributed by atoms with Gasteiger partial charge in [0.1, 0.15) is 0 Å². The number of fused-ring (bicyclic) bond motifs is 1. The van der Waals surface area contributed by atoms with Gasteiger partial charge >= 0.3 is 11.1 Å². The van der Waals surface area contributed by atoms with Crippen molar-refractivity contribution in [2.45, 2.75) is 32.6 Å². The Labute approximate surface area is 187 Å². The van der Waals surface area contributed by atoms with E-state index in [0.717, 1.165) is 37.2 Å². The Morgan fingerprint density at radius 1 is 0.969 bits per heavy atom. The first-order valence-electron chi connectivity index (χ1n) is 11.2. The van der Waals surface area contributed by atoms with Crippen LogP contribution < -0.4 is 21.3 Å². The molecule has 1 aliphatic heterocycles. The molecule has 32 heavy (non-hydrogen) atoms. The zero-order valence-corrected chi connectivity index (χ0v) is 18.9. The first kappa shape index (κ1) is 21.9. The molecule has 2 aromatic carbocycles. The standard InChI is InChI=1S/C25H30N4O3/c1-17-11-13-29(14-12-17)20-16-22-21(27(2)24(31)25(32)28(22)3)15-19(20)26-23(30)10-9-18-7-5-4-6-8-18/h4-8,15-17H,9-14H2,1-3H3,(H,26,30). The van der Waals surface area contributed by atoms with Crippen LogP contribution in [-0.2, 0) is 25.3 Å². The van der Waals surface area contributed by atoms with Crippen molar-refractivity contribution in [2.75, 3.05) is 23.3 Å². The average Bonchev–Trinajstić information content (AvgIpc) is 2.81. The van der Waals surface area contributed by atoms with Crippen molar-refractivity contribution in [3.05, 3.63) is 68.7 Å². The van der Waals surface area contributed by atoms with Gasteiger partial charge in [0.05, 0.1) is 22.4 Å². The Morgan fingerprint density at radius 2 is 1.56 bits per heavy atom. The molecule has 0 atom stereocenters. The number of aromatic nitrogens is 2. The van der Waals surface area contributed by atoms with Crippen LogP contribution in [0.2, 0.25) is 0 Å². The summed E-state index contributed by atoms with van der Waals surface area (Å²) in [7, 11) is 3.21. The number of benzene rings is 2. The van der Waals surface area contributed by atoms with E-state index in [4.69, 9.17) is 0 Å². The molecule has 2 heterocycles. The van der Waals surface area contributed by atoms with Crippen LogP contribution in [-0.4, -0.2) is 28.1 Å². The lowest BCUT2D eigenvalue weighted by molar-refractivity contribution is -0.116. The van der Waals surface area contributed by atoms with Crippen molar-refractivity contribution >= 4 is 28.3 Å². The minimum Gasteiger partial charge on any atom is -0.370 e. The predicted molar refractivity (Wildman–Crippen MR) is 128 cm³/mol. The van der Waals surface area contributed by atoms with E-state index in [-0.39, 0.29) is 5.91 Å². The molecule has 1 N–H and O–H groups in total. The van der Waals surface area contributed by atoms with Crippen LogP contribution in [0.5, 0.6) is 0 Å². The Morgan fingerprint density at radius 3 is 2.19 bits per heavy atom. The van der Waals surface area contributed by atoms with Crippen LogP contribution in [0.25, 0.3) is 11.0 Å². The highest BCUT2D eigenvalue weighted by molar-refractivity contribution is 5.98. The smallest absolute Gasteiger partial charge is 0.316 e. The highest BCUT2D eigenvalue weighted by Crippen LogP contribution is 2.33. The third-order valence-corrected chi connectivity index (χ3v) is 6.49. The first-order chi connectivity index (χ1) is 15.3. The monoisotopic (exact) mass is 434 g/mol. The number of nitrogens with one attached hydrogen (secondary N) is 1. The quantitative estimate of drug-likeness (QED) is 0.627. The molecule has 7 heteroatoms. The molecule has 0 radical (unpaired) electrons. The molecular weight excluding hydrogens is 404 g/mol. The van der Waals surface area contributed by atoms with Gasteiger partial charge in [0.25, 0.3) is 0 Å². The number of nitrogens with zero attached hydrogens (tertiary/aromatic N) is 3. The van der Waals surface area contributed by atoms with Gasteiger partial charge in [0.2, 0.25) is 5.91 Å². The Kier molecular flexibility index (Phi) is 6.17. The number of rotatable bonds is 5. The second-order valence-corrected chi connectivity index (χ2v) is 8.79. The number of carbonyl (C=O) groups excluding carboxylic acids is 1. The minimum atomic E-state index is -0.582. The van der Waals surface area contributed by atoms with Crippen molar-refractivity contribution in [3.8, 4) is 0 Å². The summed E-state index contributed by atoms with van der Waals surface area (Å²) in [5, 5.41) is 3.08. The van der Waals surface area contributed by atoms with E-state index in [1.807, 2.05) is 42.5 Å². The number of aryl methyl sites for hydroxylation is 3. The van der Waals surface area contributed by atoms with Gasteiger partial charge in [0, 0.05) is 33.6 Å². The van der Waals surface area contributed by atoms with E-state index < -0.39 is 11.1 Å². The van der Waals surface area contributed by atoms with Crippen LogP contribution >= 0.6 is 0 Å². The molecule has 4 rings (SSSR count). The van der Waals surface area contributed by atoms with Crippen molar-refractivity contribution in [3.63, 3.8) is 0 Å².